The van der Waals surface area contributed by atoms with Crippen molar-refractivity contribution in [3.63, 3.8) is 0 Å². The number of hydrazone groups is 1. The van der Waals surface area contributed by atoms with Crippen LogP contribution in [0, 0.1) is 4.91 Å². The first-order valence-corrected chi connectivity index (χ1v) is 10.2. The SMILES string of the molecule is CC(C)=CCCC1(C/C=N/NC(=O)c2ccc(N=O)cc2)SCCS1. The van der Waals surface area contributed by atoms with Gasteiger partial charge in [0.05, 0.1) is 4.08 Å². The molecule has 0 atom stereocenters. The van der Waals surface area contributed by atoms with Crippen LogP contribution in [-0.4, -0.2) is 27.7 Å². The number of nitrogens with zero attached hydrogens (tertiary/aromatic N) is 2. The Balaban J connectivity index is 1.86. The van der Waals surface area contributed by atoms with E-state index < -0.39 is 0 Å². The zero-order valence-corrected chi connectivity index (χ0v) is 16.2. The van der Waals surface area contributed by atoms with Crippen LogP contribution in [0.4, 0.5) is 5.69 Å². The van der Waals surface area contributed by atoms with E-state index in [0.29, 0.717) is 11.3 Å². The van der Waals surface area contributed by atoms with Gasteiger partial charge >= 0.3 is 0 Å². The fourth-order valence-corrected chi connectivity index (χ4v) is 5.62. The molecule has 1 fully saturated rings. The monoisotopic (exact) mass is 377 g/mol. The molecule has 5 nitrogen and oxygen atoms in total. The highest BCUT2D eigenvalue weighted by atomic mass is 32.2. The van der Waals surface area contributed by atoms with Gasteiger partial charge in [-0.15, -0.1) is 28.4 Å². The zero-order valence-electron chi connectivity index (χ0n) is 14.5. The normalized spacial score (nSPS) is 15.9. The minimum atomic E-state index is -0.293. The maximum atomic E-state index is 12.0. The zero-order chi connectivity index (χ0) is 18.1. The highest BCUT2D eigenvalue weighted by molar-refractivity contribution is 8.21. The topological polar surface area (TPSA) is 70.9 Å². The van der Waals surface area contributed by atoms with Crippen molar-refractivity contribution < 1.29 is 4.79 Å². The summed E-state index contributed by atoms with van der Waals surface area (Å²) < 4.78 is 0.164. The summed E-state index contributed by atoms with van der Waals surface area (Å²) in [5, 5.41) is 6.90. The summed E-state index contributed by atoms with van der Waals surface area (Å²) in [6.07, 6.45) is 7.07. The Hall–Kier alpha value is -1.60. The number of thioether (sulfide) groups is 2. The Morgan fingerprint density at radius 3 is 2.52 bits per heavy atom. The average molecular weight is 378 g/mol. The number of nitrogens with one attached hydrogen (secondary N) is 1. The summed E-state index contributed by atoms with van der Waals surface area (Å²) >= 11 is 3.98. The van der Waals surface area contributed by atoms with Gasteiger partial charge in [0.1, 0.15) is 5.69 Å². The van der Waals surface area contributed by atoms with Gasteiger partial charge in [-0.1, -0.05) is 11.6 Å². The highest BCUT2D eigenvalue weighted by Gasteiger charge is 2.33. The average Bonchev–Trinajstić information content (AvgIpc) is 3.07. The lowest BCUT2D eigenvalue weighted by Crippen LogP contribution is -2.20. The molecular formula is C18H23N3O2S2. The second-order valence-corrected chi connectivity index (χ2v) is 9.24. The standard InChI is InChI=1S/C18H23N3O2S2/c1-14(2)4-3-9-18(24-12-13-25-18)10-11-19-20-17(22)15-5-7-16(21-23)8-6-15/h4-8,11H,3,9-10,12-13H2,1-2H3,(H,20,22)/b19-11+. The number of rotatable bonds is 8. The van der Waals surface area contributed by atoms with Crippen molar-refractivity contribution in [1.82, 2.24) is 5.43 Å². The first-order chi connectivity index (χ1) is 12.0. The van der Waals surface area contributed by atoms with E-state index in [4.69, 9.17) is 0 Å². The minimum Gasteiger partial charge on any atom is -0.267 e. The van der Waals surface area contributed by atoms with Crippen LogP contribution in [0.25, 0.3) is 0 Å². The predicted molar refractivity (Wildman–Crippen MR) is 109 cm³/mol. The van der Waals surface area contributed by atoms with Gasteiger partial charge in [-0.3, -0.25) is 4.79 Å². The molecule has 0 aromatic heterocycles. The molecule has 1 aromatic rings. The molecule has 25 heavy (non-hydrogen) atoms. The lowest BCUT2D eigenvalue weighted by atomic mass is 10.1. The van der Waals surface area contributed by atoms with Gasteiger partial charge in [0.15, 0.2) is 0 Å². The summed E-state index contributed by atoms with van der Waals surface area (Å²) in [7, 11) is 0. The number of benzene rings is 1. The summed E-state index contributed by atoms with van der Waals surface area (Å²) in [6.45, 7) is 4.24. The van der Waals surface area contributed by atoms with Crippen LogP contribution in [0.1, 0.15) is 43.5 Å². The number of allylic oxidation sites excluding steroid dienone is 2. The number of carbonyl (C=O) groups excluding carboxylic acids is 1. The van der Waals surface area contributed by atoms with E-state index in [1.54, 1.807) is 18.3 Å². The molecule has 0 radical (unpaired) electrons. The van der Waals surface area contributed by atoms with Crippen LogP contribution in [0.3, 0.4) is 0 Å². The van der Waals surface area contributed by atoms with E-state index in [1.165, 1.54) is 17.7 Å². The van der Waals surface area contributed by atoms with Gasteiger partial charge in [0.2, 0.25) is 0 Å². The second-order valence-electron chi connectivity index (χ2n) is 6.02. The van der Waals surface area contributed by atoms with Crippen LogP contribution in [0.2, 0.25) is 0 Å². The van der Waals surface area contributed by atoms with Gasteiger partial charge < -0.3 is 0 Å². The number of carbonyl (C=O) groups is 1. The fraction of sp³-hybridized carbons (Fsp3) is 0.444. The number of amides is 1. The van der Waals surface area contributed by atoms with Crippen LogP contribution < -0.4 is 5.43 Å². The molecule has 1 heterocycles. The maximum absolute atomic E-state index is 12.0. The Morgan fingerprint density at radius 2 is 1.92 bits per heavy atom. The number of hydrogen-bond acceptors (Lipinski definition) is 6. The van der Waals surface area contributed by atoms with Gasteiger partial charge in [-0.2, -0.15) is 5.10 Å². The largest absolute Gasteiger partial charge is 0.271 e. The molecule has 0 saturated carbocycles. The predicted octanol–water partition coefficient (Wildman–Crippen LogP) is 5.11. The molecule has 0 unspecified atom stereocenters. The smallest absolute Gasteiger partial charge is 0.267 e. The maximum Gasteiger partial charge on any atom is 0.271 e. The summed E-state index contributed by atoms with van der Waals surface area (Å²) in [5.74, 6) is 2.03. The van der Waals surface area contributed by atoms with Crippen LogP contribution in [0.5, 0.6) is 0 Å². The van der Waals surface area contributed by atoms with E-state index in [1.807, 2.05) is 23.5 Å². The van der Waals surface area contributed by atoms with Crippen LogP contribution in [0.15, 0.2) is 46.2 Å². The molecule has 1 aliphatic heterocycles. The quantitative estimate of drug-likeness (QED) is 0.296. The van der Waals surface area contributed by atoms with Gasteiger partial charge in [0, 0.05) is 29.7 Å². The second kappa shape index (κ2) is 9.77. The molecule has 1 aliphatic rings. The summed E-state index contributed by atoms with van der Waals surface area (Å²) in [5.41, 5.74) is 4.64. The third kappa shape index (κ3) is 6.32. The van der Waals surface area contributed by atoms with E-state index in [0.717, 1.165) is 30.8 Å². The van der Waals surface area contributed by atoms with Crippen LogP contribution in [-0.2, 0) is 0 Å². The third-order valence-electron chi connectivity index (χ3n) is 3.79. The molecule has 0 spiro atoms. The Bertz CT molecular complexity index is 647. The molecule has 2 rings (SSSR count). The Morgan fingerprint density at radius 1 is 1.24 bits per heavy atom. The van der Waals surface area contributed by atoms with Crippen molar-refractivity contribution in [2.75, 3.05) is 11.5 Å². The highest BCUT2D eigenvalue weighted by Crippen LogP contribution is 2.49. The molecule has 1 amide bonds. The van der Waals surface area contributed by atoms with E-state index in [9.17, 15) is 9.70 Å². The molecule has 0 aliphatic carbocycles. The van der Waals surface area contributed by atoms with E-state index in [-0.39, 0.29) is 9.99 Å². The van der Waals surface area contributed by atoms with E-state index in [2.05, 4.69) is 35.6 Å². The minimum absolute atomic E-state index is 0.164. The van der Waals surface area contributed by atoms with Crippen LogP contribution >= 0.6 is 23.5 Å². The number of hydrogen-bond donors (Lipinski definition) is 1. The molecule has 1 saturated heterocycles. The Labute approximate surface area is 157 Å². The number of nitroso groups, excluding NO2 is 1. The molecule has 134 valence electrons. The molecular weight excluding hydrogens is 354 g/mol. The fourth-order valence-electron chi connectivity index (χ4n) is 2.47. The van der Waals surface area contributed by atoms with Crippen molar-refractivity contribution in [1.29, 1.82) is 0 Å². The lowest BCUT2D eigenvalue weighted by Gasteiger charge is -2.24. The van der Waals surface area contributed by atoms with Crippen molar-refractivity contribution in [3.05, 3.63) is 46.4 Å². The van der Waals surface area contributed by atoms with Gasteiger partial charge in [0.25, 0.3) is 5.91 Å². The first-order valence-electron chi connectivity index (χ1n) is 8.21. The van der Waals surface area contributed by atoms with Gasteiger partial charge in [-0.25, -0.2) is 5.43 Å². The summed E-state index contributed by atoms with van der Waals surface area (Å²) in [4.78, 5) is 22.4. The van der Waals surface area contributed by atoms with Crippen molar-refractivity contribution in [2.45, 2.75) is 37.2 Å². The molecule has 7 heteroatoms. The lowest BCUT2D eigenvalue weighted by molar-refractivity contribution is 0.0955. The van der Waals surface area contributed by atoms with Crippen molar-refractivity contribution >= 4 is 41.3 Å². The van der Waals surface area contributed by atoms with Gasteiger partial charge in [-0.05, 0) is 56.1 Å². The molecule has 1 N–H and O–H groups in total. The molecule has 1 aromatic carbocycles. The summed E-state index contributed by atoms with van der Waals surface area (Å²) in [6, 6.07) is 6.14. The third-order valence-corrected chi connectivity index (χ3v) is 7.36. The van der Waals surface area contributed by atoms with Crippen molar-refractivity contribution in [3.8, 4) is 0 Å². The molecule has 0 bridgehead atoms. The first kappa shape index (κ1) is 19.7. The van der Waals surface area contributed by atoms with Crippen molar-refractivity contribution in [2.24, 2.45) is 10.3 Å². The van der Waals surface area contributed by atoms with E-state index >= 15 is 0 Å². The Kier molecular flexibility index (Phi) is 7.71.